The molecular formula is C24H23ClN4OS. The molecule has 2 heterocycles. The van der Waals surface area contributed by atoms with Crippen LogP contribution < -0.4 is 0 Å². The smallest absolute Gasteiger partial charge is 0.237 e. The minimum absolute atomic E-state index is 0.108. The molecule has 4 aromatic rings. The SMILES string of the molecule is Cc1cc(SCc2nc(-c3ccc(C(C)(C)C)cc3)no2)nc(-c2cccc(Cl)c2)n1. The number of hydrogen-bond acceptors (Lipinski definition) is 6. The van der Waals surface area contributed by atoms with Crippen molar-refractivity contribution in [2.75, 3.05) is 0 Å². The number of benzene rings is 2. The van der Waals surface area contributed by atoms with Gasteiger partial charge in [0.1, 0.15) is 5.03 Å². The summed E-state index contributed by atoms with van der Waals surface area (Å²) in [5.41, 5.74) is 4.09. The number of halogens is 1. The molecule has 158 valence electrons. The fraction of sp³-hybridized carbons (Fsp3) is 0.250. The first-order chi connectivity index (χ1) is 14.8. The number of aryl methyl sites for hydroxylation is 1. The Hall–Kier alpha value is -2.70. The summed E-state index contributed by atoms with van der Waals surface area (Å²) in [7, 11) is 0. The molecule has 0 atom stereocenters. The third kappa shape index (κ3) is 5.32. The molecule has 0 aliphatic rings. The number of nitrogens with zero attached hydrogens (tertiary/aromatic N) is 4. The molecule has 0 spiro atoms. The highest BCUT2D eigenvalue weighted by Gasteiger charge is 2.15. The maximum absolute atomic E-state index is 6.11. The van der Waals surface area contributed by atoms with Gasteiger partial charge in [-0.2, -0.15) is 4.98 Å². The van der Waals surface area contributed by atoms with Gasteiger partial charge < -0.3 is 4.52 Å². The molecular weight excluding hydrogens is 428 g/mol. The summed E-state index contributed by atoms with van der Waals surface area (Å²) < 4.78 is 5.46. The fourth-order valence-electron chi connectivity index (χ4n) is 3.06. The molecule has 2 aromatic carbocycles. The van der Waals surface area contributed by atoms with E-state index < -0.39 is 0 Å². The molecule has 0 saturated heterocycles. The van der Waals surface area contributed by atoms with E-state index in [1.54, 1.807) is 0 Å². The van der Waals surface area contributed by atoms with Crippen LogP contribution in [0.5, 0.6) is 0 Å². The van der Waals surface area contributed by atoms with Gasteiger partial charge in [-0.05, 0) is 36.1 Å². The Balaban J connectivity index is 1.48. The second-order valence-electron chi connectivity index (χ2n) is 8.31. The molecule has 0 aliphatic heterocycles. The van der Waals surface area contributed by atoms with Gasteiger partial charge in [0, 0.05) is 21.8 Å². The van der Waals surface area contributed by atoms with Crippen LogP contribution in [-0.4, -0.2) is 20.1 Å². The Morgan fingerprint density at radius 1 is 0.903 bits per heavy atom. The van der Waals surface area contributed by atoms with E-state index in [1.165, 1.54) is 17.3 Å². The van der Waals surface area contributed by atoms with Crippen molar-refractivity contribution in [2.45, 2.75) is 43.9 Å². The number of thioether (sulfide) groups is 1. The van der Waals surface area contributed by atoms with Crippen molar-refractivity contribution >= 4 is 23.4 Å². The summed E-state index contributed by atoms with van der Waals surface area (Å²) >= 11 is 7.65. The maximum atomic E-state index is 6.11. The van der Waals surface area contributed by atoms with Crippen LogP contribution in [0.4, 0.5) is 0 Å². The maximum Gasteiger partial charge on any atom is 0.237 e. The van der Waals surface area contributed by atoms with Gasteiger partial charge in [-0.1, -0.05) is 85.7 Å². The van der Waals surface area contributed by atoms with Crippen molar-refractivity contribution in [3.63, 3.8) is 0 Å². The van der Waals surface area contributed by atoms with Gasteiger partial charge in [-0.25, -0.2) is 9.97 Å². The average Bonchev–Trinajstić information content (AvgIpc) is 3.20. The summed E-state index contributed by atoms with van der Waals surface area (Å²) in [5.74, 6) is 2.32. The molecule has 0 amide bonds. The predicted octanol–water partition coefficient (Wildman–Crippen LogP) is 6.75. The molecule has 31 heavy (non-hydrogen) atoms. The summed E-state index contributed by atoms with van der Waals surface area (Å²) in [6, 6.07) is 17.8. The van der Waals surface area contributed by atoms with Gasteiger partial charge in [0.15, 0.2) is 5.82 Å². The zero-order valence-electron chi connectivity index (χ0n) is 17.9. The van der Waals surface area contributed by atoms with E-state index in [4.69, 9.17) is 16.1 Å². The molecule has 0 aliphatic carbocycles. The molecule has 5 nitrogen and oxygen atoms in total. The van der Waals surface area contributed by atoms with Crippen molar-refractivity contribution < 1.29 is 4.52 Å². The van der Waals surface area contributed by atoms with E-state index in [0.717, 1.165) is 21.8 Å². The third-order valence-corrected chi connectivity index (χ3v) is 5.87. The monoisotopic (exact) mass is 450 g/mol. The van der Waals surface area contributed by atoms with Gasteiger partial charge in [-0.15, -0.1) is 0 Å². The van der Waals surface area contributed by atoms with Gasteiger partial charge in [0.05, 0.1) is 5.75 Å². The van der Waals surface area contributed by atoms with E-state index in [1.807, 2.05) is 49.4 Å². The highest BCUT2D eigenvalue weighted by molar-refractivity contribution is 7.98. The first kappa shape index (κ1) is 21.5. The summed E-state index contributed by atoms with van der Waals surface area (Å²) in [6.45, 7) is 8.53. The molecule has 4 rings (SSSR count). The van der Waals surface area contributed by atoms with Gasteiger partial charge in [0.2, 0.25) is 11.7 Å². The Labute approximate surface area is 191 Å². The lowest BCUT2D eigenvalue weighted by molar-refractivity contribution is 0.391. The molecule has 0 fully saturated rings. The standard InChI is InChI=1S/C24H23ClN4OS/c1-15-12-21(28-22(26-15)17-6-5-7-19(25)13-17)31-14-20-27-23(29-30-20)16-8-10-18(11-9-16)24(2,3)4/h5-13H,14H2,1-4H3. The summed E-state index contributed by atoms with van der Waals surface area (Å²) in [6.07, 6.45) is 0. The largest absolute Gasteiger partial charge is 0.338 e. The van der Waals surface area contributed by atoms with E-state index in [0.29, 0.717) is 28.3 Å². The lowest BCUT2D eigenvalue weighted by Gasteiger charge is -2.18. The van der Waals surface area contributed by atoms with Gasteiger partial charge >= 0.3 is 0 Å². The third-order valence-electron chi connectivity index (χ3n) is 4.73. The van der Waals surface area contributed by atoms with Crippen LogP contribution in [0.2, 0.25) is 5.02 Å². The fourth-order valence-corrected chi connectivity index (χ4v) is 4.04. The first-order valence-electron chi connectivity index (χ1n) is 9.96. The predicted molar refractivity (Wildman–Crippen MR) is 125 cm³/mol. The van der Waals surface area contributed by atoms with E-state index in [9.17, 15) is 0 Å². The minimum atomic E-state index is 0.108. The summed E-state index contributed by atoms with van der Waals surface area (Å²) in [4.78, 5) is 13.7. The second-order valence-corrected chi connectivity index (χ2v) is 9.74. The molecule has 0 radical (unpaired) electrons. The van der Waals surface area contributed by atoms with Crippen molar-refractivity contribution in [2.24, 2.45) is 0 Å². The zero-order chi connectivity index (χ0) is 22.0. The molecule has 0 bridgehead atoms. The topological polar surface area (TPSA) is 64.7 Å². The van der Waals surface area contributed by atoms with Crippen molar-refractivity contribution in [3.8, 4) is 22.8 Å². The van der Waals surface area contributed by atoms with Crippen molar-refractivity contribution in [3.05, 3.63) is 76.8 Å². The van der Waals surface area contributed by atoms with Crippen LogP contribution in [0, 0.1) is 6.92 Å². The highest BCUT2D eigenvalue weighted by atomic mass is 35.5. The molecule has 2 aromatic heterocycles. The van der Waals surface area contributed by atoms with Crippen molar-refractivity contribution in [1.29, 1.82) is 0 Å². The van der Waals surface area contributed by atoms with Crippen LogP contribution in [-0.2, 0) is 11.2 Å². The Kier molecular flexibility index (Phi) is 6.12. The lowest BCUT2D eigenvalue weighted by atomic mass is 9.87. The van der Waals surface area contributed by atoms with E-state index in [-0.39, 0.29) is 5.41 Å². The normalized spacial score (nSPS) is 11.6. The van der Waals surface area contributed by atoms with Crippen LogP contribution in [0.1, 0.15) is 37.9 Å². The van der Waals surface area contributed by atoms with Crippen LogP contribution in [0.3, 0.4) is 0 Å². The highest BCUT2D eigenvalue weighted by Crippen LogP contribution is 2.27. The van der Waals surface area contributed by atoms with Crippen LogP contribution >= 0.6 is 23.4 Å². The zero-order valence-corrected chi connectivity index (χ0v) is 19.5. The van der Waals surface area contributed by atoms with Gasteiger partial charge in [0.25, 0.3) is 0 Å². The number of rotatable bonds is 5. The Morgan fingerprint density at radius 2 is 1.68 bits per heavy atom. The summed E-state index contributed by atoms with van der Waals surface area (Å²) in [5, 5.41) is 5.64. The quantitative estimate of drug-likeness (QED) is 0.247. The minimum Gasteiger partial charge on any atom is -0.338 e. The first-order valence-corrected chi connectivity index (χ1v) is 11.3. The van der Waals surface area contributed by atoms with Crippen LogP contribution in [0.25, 0.3) is 22.8 Å². The van der Waals surface area contributed by atoms with Crippen molar-refractivity contribution in [1.82, 2.24) is 20.1 Å². The number of aromatic nitrogens is 4. The van der Waals surface area contributed by atoms with E-state index >= 15 is 0 Å². The molecule has 0 saturated carbocycles. The molecule has 0 N–H and O–H groups in total. The molecule has 0 unspecified atom stereocenters. The Bertz CT molecular complexity index is 1200. The Morgan fingerprint density at radius 3 is 2.39 bits per heavy atom. The van der Waals surface area contributed by atoms with E-state index in [2.05, 4.69) is 53.0 Å². The lowest BCUT2D eigenvalue weighted by Crippen LogP contribution is -2.10. The van der Waals surface area contributed by atoms with Crippen LogP contribution in [0.15, 0.2) is 64.1 Å². The number of hydrogen-bond donors (Lipinski definition) is 0. The average molecular weight is 451 g/mol. The molecule has 7 heteroatoms. The second kappa shape index (κ2) is 8.81. The van der Waals surface area contributed by atoms with Gasteiger partial charge in [-0.3, -0.25) is 0 Å².